The van der Waals surface area contributed by atoms with Crippen molar-refractivity contribution in [3.63, 3.8) is 0 Å². The van der Waals surface area contributed by atoms with E-state index in [4.69, 9.17) is 9.47 Å². The van der Waals surface area contributed by atoms with Crippen LogP contribution < -0.4 is 16.0 Å². The van der Waals surface area contributed by atoms with Crippen LogP contribution in [0.5, 0.6) is 0 Å². The second kappa shape index (κ2) is 16.3. The monoisotopic (exact) mass is 709 g/mol. The Bertz CT molecular complexity index is 1480. The molecule has 2 saturated heterocycles. The highest BCUT2D eigenvalue weighted by Crippen LogP contribution is 2.45. The predicted molar refractivity (Wildman–Crippen MR) is 185 cm³/mol. The van der Waals surface area contributed by atoms with Gasteiger partial charge in [0.2, 0.25) is 23.6 Å². The number of carboxylic acid groups (broad SMARTS) is 1. The molecule has 4 aliphatic rings. The van der Waals surface area contributed by atoms with Crippen LogP contribution in [0.25, 0.3) is 0 Å². The van der Waals surface area contributed by atoms with Crippen LogP contribution in [0.15, 0.2) is 43.0 Å². The van der Waals surface area contributed by atoms with Crippen LogP contribution in [-0.2, 0) is 33.4 Å². The number of carboxylic acids is 1. The molecule has 0 bridgehead atoms. The average Bonchev–Trinajstić information content (AvgIpc) is 3.69. The molecule has 2 aliphatic carbocycles. The maximum Gasteiger partial charge on any atom is 0.410 e. The highest BCUT2D eigenvalue weighted by Gasteiger charge is 2.61. The van der Waals surface area contributed by atoms with E-state index in [-0.39, 0.29) is 44.4 Å². The van der Waals surface area contributed by atoms with E-state index in [0.717, 1.165) is 37.7 Å². The van der Waals surface area contributed by atoms with Crippen LogP contribution in [0.2, 0.25) is 0 Å². The summed E-state index contributed by atoms with van der Waals surface area (Å²) in [6, 6.07) is 5.92. The first-order valence-electron chi connectivity index (χ1n) is 18.0. The molecule has 0 aromatic heterocycles. The third kappa shape index (κ3) is 8.54. The van der Waals surface area contributed by atoms with Crippen molar-refractivity contribution in [3.05, 3.63) is 48.6 Å². The largest absolute Gasteiger partial charge is 0.479 e. The Labute approximate surface area is 298 Å². The highest BCUT2D eigenvalue weighted by molar-refractivity contribution is 5.97. The van der Waals surface area contributed by atoms with Crippen molar-refractivity contribution in [2.75, 3.05) is 26.3 Å². The number of amides is 5. The molecule has 5 rings (SSSR count). The van der Waals surface area contributed by atoms with E-state index < -0.39 is 77.4 Å². The van der Waals surface area contributed by atoms with Gasteiger partial charge in [-0.1, -0.05) is 69.5 Å². The molecule has 278 valence electrons. The van der Waals surface area contributed by atoms with Crippen LogP contribution >= 0.6 is 0 Å². The second-order valence-corrected chi connectivity index (χ2v) is 14.6. The number of carbonyl (C=O) groups excluding carboxylic acids is 5. The molecule has 2 heterocycles. The van der Waals surface area contributed by atoms with Crippen molar-refractivity contribution in [3.8, 4) is 0 Å². The van der Waals surface area contributed by atoms with Crippen molar-refractivity contribution in [1.29, 1.82) is 0 Å². The van der Waals surface area contributed by atoms with Crippen molar-refractivity contribution in [1.82, 2.24) is 25.8 Å². The van der Waals surface area contributed by atoms with Gasteiger partial charge in [-0.15, -0.1) is 6.58 Å². The van der Waals surface area contributed by atoms with Crippen LogP contribution in [0.1, 0.15) is 77.3 Å². The first-order valence-corrected chi connectivity index (χ1v) is 18.0. The molecule has 2 aliphatic heterocycles. The number of carbonyl (C=O) groups is 6. The summed E-state index contributed by atoms with van der Waals surface area (Å²) in [5, 5.41) is 18.3. The van der Waals surface area contributed by atoms with Crippen molar-refractivity contribution < 1.29 is 43.3 Å². The lowest BCUT2D eigenvalue weighted by atomic mass is 9.83. The van der Waals surface area contributed by atoms with Crippen LogP contribution in [-0.4, -0.2) is 107 Å². The molecule has 2 saturated carbocycles. The van der Waals surface area contributed by atoms with Gasteiger partial charge in [-0.2, -0.15) is 0 Å². The van der Waals surface area contributed by atoms with Gasteiger partial charge in [-0.05, 0) is 36.7 Å². The molecule has 0 radical (unpaired) electrons. The molecule has 0 spiro atoms. The Balaban J connectivity index is 1.37. The van der Waals surface area contributed by atoms with Gasteiger partial charge in [0.05, 0.1) is 25.8 Å². The summed E-state index contributed by atoms with van der Waals surface area (Å²) in [5.41, 5.74) is -0.674. The summed E-state index contributed by atoms with van der Waals surface area (Å²) in [4.78, 5) is 82.9. The van der Waals surface area contributed by atoms with E-state index in [1.807, 2.05) is 30.3 Å². The molecule has 14 nitrogen and oxygen atoms in total. The lowest BCUT2D eigenvalue weighted by Gasteiger charge is -2.35. The molecule has 51 heavy (non-hydrogen) atoms. The summed E-state index contributed by atoms with van der Waals surface area (Å²) >= 11 is 0. The smallest absolute Gasteiger partial charge is 0.410 e. The van der Waals surface area contributed by atoms with E-state index in [1.54, 1.807) is 18.7 Å². The summed E-state index contributed by atoms with van der Waals surface area (Å²) in [5.74, 6) is -4.30. The fraction of sp³-hybridized carbons (Fsp3) is 0.622. The van der Waals surface area contributed by atoms with Gasteiger partial charge in [0.25, 0.3) is 0 Å². The van der Waals surface area contributed by atoms with E-state index >= 15 is 0 Å². The Kier molecular flexibility index (Phi) is 12.0. The van der Waals surface area contributed by atoms with Gasteiger partial charge in [0, 0.05) is 25.8 Å². The minimum atomic E-state index is -1.55. The zero-order valence-electron chi connectivity index (χ0n) is 29.7. The molecular formula is C37H51N5O9. The molecule has 7 atom stereocenters. The zero-order valence-corrected chi connectivity index (χ0v) is 29.7. The van der Waals surface area contributed by atoms with Crippen molar-refractivity contribution in [2.24, 2.45) is 17.8 Å². The maximum atomic E-state index is 14.4. The topological polar surface area (TPSA) is 184 Å². The third-order valence-electron chi connectivity index (χ3n) is 10.7. The number of benzene rings is 1. The first kappa shape index (κ1) is 37.8. The number of likely N-dealkylation sites (tertiary alicyclic amines) is 1. The van der Waals surface area contributed by atoms with Gasteiger partial charge in [-0.3, -0.25) is 24.1 Å². The number of nitrogens with one attached hydrogen (secondary N) is 3. The fourth-order valence-electron chi connectivity index (χ4n) is 7.70. The number of aliphatic carboxylic acids is 1. The van der Waals surface area contributed by atoms with Crippen LogP contribution in [0, 0.1) is 17.8 Å². The summed E-state index contributed by atoms with van der Waals surface area (Å²) in [7, 11) is 0. The molecule has 4 fully saturated rings. The molecule has 1 aromatic carbocycles. The summed E-state index contributed by atoms with van der Waals surface area (Å²) < 4.78 is 11.6. The van der Waals surface area contributed by atoms with Gasteiger partial charge < -0.3 is 35.4 Å². The van der Waals surface area contributed by atoms with Gasteiger partial charge in [-0.25, -0.2) is 9.59 Å². The fourth-order valence-corrected chi connectivity index (χ4v) is 7.70. The van der Waals surface area contributed by atoms with Crippen LogP contribution in [0.3, 0.4) is 0 Å². The average molecular weight is 710 g/mol. The number of morpholine rings is 1. The second-order valence-electron chi connectivity index (χ2n) is 14.6. The molecule has 4 N–H and O–H groups in total. The lowest BCUT2D eigenvalue weighted by Crippen LogP contribution is -2.60. The molecule has 5 amide bonds. The van der Waals surface area contributed by atoms with E-state index in [1.165, 1.54) is 17.9 Å². The summed E-state index contributed by atoms with van der Waals surface area (Å²) in [6.07, 6.45) is 4.50. The molecule has 1 unspecified atom stereocenters. The lowest BCUT2D eigenvalue weighted by molar-refractivity contribution is -0.146. The number of ether oxygens (including phenoxy) is 2. The van der Waals surface area contributed by atoms with Crippen molar-refractivity contribution in [2.45, 2.75) is 102 Å². The van der Waals surface area contributed by atoms with Gasteiger partial charge in [0.1, 0.15) is 29.8 Å². The number of rotatable bonds is 12. The number of hydrogen-bond acceptors (Lipinski definition) is 8. The molecule has 1 aromatic rings. The standard InChI is InChI=1S/C37H51N5O9/c1-5-26-19-37(26,35(47)48)40-32(44)28-18-27(51-36(49)41-16-17-50-21-29(41)24-12-8-6-9-13-24)20-42(28)34(46)30(22(2)3)39-33(45)31(38-23(4)43)25-14-10-7-11-15-25/h5-6,8-9,12-13,22,25-31H,1,7,10-11,14-21H2,2-4H3,(H,38,43)(H,39,45)(H,40,44)(H,47,48)/t26-,27-,28+,29?,30+,31+,37-/m1/s1. The van der Waals surface area contributed by atoms with E-state index in [9.17, 15) is 33.9 Å². The van der Waals surface area contributed by atoms with Crippen molar-refractivity contribution >= 4 is 35.7 Å². The highest BCUT2D eigenvalue weighted by atomic mass is 16.6. The number of hydrogen-bond donors (Lipinski definition) is 4. The zero-order chi connectivity index (χ0) is 36.9. The Hall–Kier alpha value is -4.46. The van der Waals surface area contributed by atoms with E-state index in [2.05, 4.69) is 22.5 Å². The van der Waals surface area contributed by atoms with E-state index in [0.29, 0.717) is 6.61 Å². The Morgan fingerprint density at radius 3 is 2.35 bits per heavy atom. The minimum Gasteiger partial charge on any atom is -0.479 e. The quantitative estimate of drug-likeness (QED) is 0.237. The number of nitrogens with zero attached hydrogens (tertiary/aromatic N) is 2. The maximum absolute atomic E-state index is 14.4. The third-order valence-corrected chi connectivity index (χ3v) is 10.7. The van der Waals surface area contributed by atoms with Gasteiger partial charge in [0.15, 0.2) is 0 Å². The SMILES string of the molecule is C=C[C@@H]1C[C@]1(NC(=O)[C@@H]1C[C@@H](OC(=O)N2CCOCC2c2ccccc2)CN1C(=O)[C@@H](NC(=O)[C@@H](NC(C)=O)C1CCCCC1)C(C)C)C(=O)O. The molecular weight excluding hydrogens is 658 g/mol. The minimum absolute atomic E-state index is 0.0759. The summed E-state index contributed by atoms with van der Waals surface area (Å²) in [6.45, 7) is 9.28. The first-order chi connectivity index (χ1) is 24.4. The van der Waals surface area contributed by atoms with Gasteiger partial charge >= 0.3 is 12.1 Å². The Morgan fingerprint density at radius 1 is 1.04 bits per heavy atom. The normalized spacial score (nSPS) is 27.5. The molecule has 14 heteroatoms. The predicted octanol–water partition coefficient (Wildman–Crippen LogP) is 2.54. The Morgan fingerprint density at radius 2 is 1.75 bits per heavy atom. The van der Waals surface area contributed by atoms with Crippen LogP contribution in [0.4, 0.5) is 4.79 Å².